The van der Waals surface area contributed by atoms with E-state index < -0.39 is 0 Å². The van der Waals surface area contributed by atoms with Gasteiger partial charge in [0.1, 0.15) is 0 Å². The molecule has 1 N–H and O–H groups in total. The molecule has 1 aromatic heterocycles. The van der Waals surface area contributed by atoms with E-state index in [1.165, 1.54) is 19.4 Å². The Morgan fingerprint density at radius 3 is 3.12 bits per heavy atom. The number of piperidine rings is 1. The van der Waals surface area contributed by atoms with E-state index in [4.69, 9.17) is 0 Å². The van der Waals surface area contributed by atoms with Crippen LogP contribution in [-0.2, 0) is 6.54 Å². The molecule has 2 rings (SSSR count). The normalized spacial score (nSPS) is 21.9. The molecule has 0 amide bonds. The van der Waals surface area contributed by atoms with Gasteiger partial charge in [0.05, 0.1) is 5.69 Å². The summed E-state index contributed by atoms with van der Waals surface area (Å²) in [5, 5.41) is 11.7. The van der Waals surface area contributed by atoms with Gasteiger partial charge >= 0.3 is 0 Å². The molecule has 1 unspecified atom stereocenters. The van der Waals surface area contributed by atoms with Crippen LogP contribution < -0.4 is 5.32 Å². The number of hydrogen-bond donors (Lipinski definition) is 1. The van der Waals surface area contributed by atoms with Crippen molar-refractivity contribution in [2.45, 2.75) is 45.3 Å². The average Bonchev–Trinajstić information content (AvgIpc) is 2.30. The monoisotopic (exact) mass is 234 g/mol. The van der Waals surface area contributed by atoms with Gasteiger partial charge in [-0.05, 0) is 31.5 Å². The van der Waals surface area contributed by atoms with Crippen LogP contribution in [0.5, 0.6) is 0 Å². The fourth-order valence-corrected chi connectivity index (χ4v) is 2.45. The summed E-state index contributed by atoms with van der Waals surface area (Å²) in [5.74, 6) is 0. The Bertz CT molecular complexity index is 325. The molecule has 1 saturated heterocycles. The van der Waals surface area contributed by atoms with Gasteiger partial charge < -0.3 is 5.32 Å². The largest absolute Gasteiger partial charge is 0.311 e. The van der Waals surface area contributed by atoms with Crippen molar-refractivity contribution in [3.8, 4) is 0 Å². The number of rotatable bonds is 4. The molecular formula is C13H22N4. The number of hydrogen-bond acceptors (Lipinski definition) is 4. The summed E-state index contributed by atoms with van der Waals surface area (Å²) in [7, 11) is 0. The van der Waals surface area contributed by atoms with Crippen LogP contribution >= 0.6 is 0 Å². The zero-order valence-corrected chi connectivity index (χ0v) is 10.8. The summed E-state index contributed by atoms with van der Waals surface area (Å²) in [4.78, 5) is 2.47. The second kappa shape index (κ2) is 6.07. The van der Waals surface area contributed by atoms with E-state index in [2.05, 4.69) is 34.3 Å². The molecule has 0 radical (unpaired) electrons. The van der Waals surface area contributed by atoms with Crippen molar-refractivity contribution in [1.82, 2.24) is 20.4 Å². The van der Waals surface area contributed by atoms with Crippen molar-refractivity contribution < 1.29 is 0 Å². The summed E-state index contributed by atoms with van der Waals surface area (Å²) in [6.45, 7) is 7.63. The molecule has 94 valence electrons. The van der Waals surface area contributed by atoms with Crippen molar-refractivity contribution in [3.63, 3.8) is 0 Å². The van der Waals surface area contributed by atoms with Crippen molar-refractivity contribution in [1.29, 1.82) is 0 Å². The summed E-state index contributed by atoms with van der Waals surface area (Å²) in [6.07, 6.45) is 4.28. The Labute approximate surface area is 103 Å². The minimum atomic E-state index is 0.566. The molecule has 0 spiro atoms. The maximum absolute atomic E-state index is 4.15. The first-order valence-electron chi connectivity index (χ1n) is 6.49. The predicted molar refractivity (Wildman–Crippen MR) is 68.6 cm³/mol. The van der Waals surface area contributed by atoms with Gasteiger partial charge in [-0.3, -0.25) is 4.90 Å². The maximum atomic E-state index is 4.15. The molecule has 0 bridgehead atoms. The second-order valence-electron chi connectivity index (χ2n) is 5.11. The first kappa shape index (κ1) is 12.5. The summed E-state index contributed by atoms with van der Waals surface area (Å²) in [6, 6.07) is 5.19. The highest BCUT2D eigenvalue weighted by Gasteiger charge is 2.20. The highest BCUT2D eigenvalue weighted by atomic mass is 15.2. The molecule has 1 aliphatic rings. The second-order valence-corrected chi connectivity index (χ2v) is 5.11. The van der Waals surface area contributed by atoms with Gasteiger partial charge in [0.2, 0.25) is 0 Å². The van der Waals surface area contributed by atoms with Gasteiger partial charge in [-0.2, -0.15) is 10.2 Å². The average molecular weight is 234 g/mol. The van der Waals surface area contributed by atoms with E-state index >= 15 is 0 Å². The van der Waals surface area contributed by atoms with E-state index in [-0.39, 0.29) is 0 Å². The molecule has 1 fully saturated rings. The Morgan fingerprint density at radius 2 is 2.41 bits per heavy atom. The van der Waals surface area contributed by atoms with Crippen LogP contribution in [0.1, 0.15) is 32.4 Å². The van der Waals surface area contributed by atoms with Crippen molar-refractivity contribution >= 4 is 0 Å². The van der Waals surface area contributed by atoms with Crippen molar-refractivity contribution in [2.24, 2.45) is 0 Å². The van der Waals surface area contributed by atoms with E-state index in [0.717, 1.165) is 18.8 Å². The summed E-state index contributed by atoms with van der Waals surface area (Å²) in [5.41, 5.74) is 1.07. The third-order valence-electron chi connectivity index (χ3n) is 3.09. The maximum Gasteiger partial charge on any atom is 0.0771 e. The van der Waals surface area contributed by atoms with Gasteiger partial charge in [-0.25, -0.2) is 0 Å². The SMILES string of the molecule is CC(C)NC1CCCN(Cc2cccnn2)C1. The number of likely N-dealkylation sites (tertiary alicyclic amines) is 1. The molecule has 2 heterocycles. The van der Waals surface area contributed by atoms with E-state index in [9.17, 15) is 0 Å². The lowest BCUT2D eigenvalue weighted by Crippen LogP contribution is -2.47. The first-order chi connectivity index (χ1) is 8.24. The first-order valence-corrected chi connectivity index (χ1v) is 6.49. The summed E-state index contributed by atoms with van der Waals surface area (Å²) < 4.78 is 0. The van der Waals surface area contributed by atoms with E-state index in [1.54, 1.807) is 6.20 Å². The van der Waals surface area contributed by atoms with E-state index in [1.807, 2.05) is 12.1 Å². The van der Waals surface area contributed by atoms with Gasteiger partial charge in [-0.1, -0.05) is 13.8 Å². The zero-order chi connectivity index (χ0) is 12.1. The van der Waals surface area contributed by atoms with Crippen LogP contribution in [0.2, 0.25) is 0 Å². The third-order valence-corrected chi connectivity index (χ3v) is 3.09. The standard InChI is InChI=1S/C13H22N4/c1-11(2)15-12-6-4-8-17(9-12)10-13-5-3-7-14-16-13/h3,5,7,11-12,15H,4,6,8-10H2,1-2H3. The number of aromatic nitrogens is 2. The predicted octanol–water partition coefficient (Wildman–Crippen LogP) is 1.44. The Balaban J connectivity index is 1.85. The molecule has 4 heteroatoms. The molecule has 1 atom stereocenters. The van der Waals surface area contributed by atoms with Crippen LogP contribution in [0, 0.1) is 0 Å². The quantitative estimate of drug-likeness (QED) is 0.856. The topological polar surface area (TPSA) is 41.0 Å². The molecule has 4 nitrogen and oxygen atoms in total. The summed E-state index contributed by atoms with van der Waals surface area (Å²) >= 11 is 0. The molecule has 1 aromatic rings. The van der Waals surface area contributed by atoms with Gasteiger partial charge in [0.25, 0.3) is 0 Å². The smallest absolute Gasteiger partial charge is 0.0771 e. The van der Waals surface area contributed by atoms with Crippen molar-refractivity contribution in [3.05, 3.63) is 24.0 Å². The highest BCUT2D eigenvalue weighted by molar-refractivity contribution is 4.99. The van der Waals surface area contributed by atoms with Crippen LogP contribution in [0.25, 0.3) is 0 Å². The lowest BCUT2D eigenvalue weighted by atomic mass is 10.0. The number of nitrogens with zero attached hydrogens (tertiary/aromatic N) is 3. The Morgan fingerprint density at radius 1 is 1.53 bits per heavy atom. The third kappa shape index (κ3) is 4.06. The lowest BCUT2D eigenvalue weighted by molar-refractivity contribution is 0.176. The Kier molecular flexibility index (Phi) is 4.45. The van der Waals surface area contributed by atoms with Gasteiger partial charge in [-0.15, -0.1) is 0 Å². The fourth-order valence-electron chi connectivity index (χ4n) is 2.45. The van der Waals surface area contributed by atoms with Crippen molar-refractivity contribution in [2.75, 3.05) is 13.1 Å². The molecule has 0 aromatic carbocycles. The zero-order valence-electron chi connectivity index (χ0n) is 10.8. The van der Waals surface area contributed by atoms with E-state index in [0.29, 0.717) is 12.1 Å². The van der Waals surface area contributed by atoms with Gasteiger partial charge in [0, 0.05) is 31.4 Å². The minimum Gasteiger partial charge on any atom is -0.311 e. The van der Waals surface area contributed by atoms with Crippen LogP contribution in [0.4, 0.5) is 0 Å². The highest BCUT2D eigenvalue weighted by Crippen LogP contribution is 2.12. The molecule has 0 aliphatic carbocycles. The van der Waals surface area contributed by atoms with Crippen LogP contribution in [-0.4, -0.2) is 40.3 Å². The van der Waals surface area contributed by atoms with Crippen LogP contribution in [0.3, 0.4) is 0 Å². The minimum absolute atomic E-state index is 0.566. The van der Waals surface area contributed by atoms with Gasteiger partial charge in [0.15, 0.2) is 0 Å². The number of nitrogens with one attached hydrogen (secondary N) is 1. The molecule has 17 heavy (non-hydrogen) atoms. The lowest BCUT2D eigenvalue weighted by Gasteiger charge is -2.33. The molecule has 0 saturated carbocycles. The fraction of sp³-hybridized carbons (Fsp3) is 0.692. The molecular weight excluding hydrogens is 212 g/mol. The van der Waals surface area contributed by atoms with Crippen LogP contribution in [0.15, 0.2) is 18.3 Å². The molecule has 1 aliphatic heterocycles. The Hall–Kier alpha value is -1.00.